The lowest BCUT2D eigenvalue weighted by Crippen LogP contribution is -2.56. The van der Waals surface area contributed by atoms with Gasteiger partial charge in [-0.05, 0) is 44.2 Å². The molecule has 2 atom stereocenters. The summed E-state index contributed by atoms with van der Waals surface area (Å²) in [6.45, 7) is 2.78. The zero-order chi connectivity index (χ0) is 13.6. The van der Waals surface area contributed by atoms with Gasteiger partial charge in [-0.2, -0.15) is 11.8 Å². The van der Waals surface area contributed by atoms with Crippen LogP contribution in [-0.4, -0.2) is 47.1 Å². The number of amides is 1. The topological polar surface area (TPSA) is 78.4 Å². The molecular formula is C12H22N2O3S. The van der Waals surface area contributed by atoms with E-state index in [9.17, 15) is 9.59 Å². The quantitative estimate of drug-likeness (QED) is 0.641. The van der Waals surface area contributed by atoms with Crippen molar-refractivity contribution in [3.05, 3.63) is 0 Å². The molecule has 0 aromatic heterocycles. The van der Waals surface area contributed by atoms with Gasteiger partial charge in [0.15, 0.2) is 0 Å². The van der Waals surface area contributed by atoms with Crippen molar-refractivity contribution in [1.29, 1.82) is 0 Å². The third-order valence-corrected chi connectivity index (χ3v) is 4.14. The van der Waals surface area contributed by atoms with Crippen LogP contribution in [0.2, 0.25) is 0 Å². The van der Waals surface area contributed by atoms with E-state index >= 15 is 0 Å². The molecule has 18 heavy (non-hydrogen) atoms. The van der Waals surface area contributed by atoms with Crippen molar-refractivity contribution in [2.45, 2.75) is 44.2 Å². The number of carboxylic acids is 1. The molecule has 6 heteroatoms. The van der Waals surface area contributed by atoms with Crippen LogP contribution in [0.1, 0.15) is 32.6 Å². The number of carboxylic acid groups (broad SMARTS) is 1. The van der Waals surface area contributed by atoms with E-state index in [2.05, 4.69) is 10.6 Å². The summed E-state index contributed by atoms with van der Waals surface area (Å²) in [5, 5.41) is 15.0. The van der Waals surface area contributed by atoms with Gasteiger partial charge < -0.3 is 15.7 Å². The van der Waals surface area contributed by atoms with Crippen LogP contribution in [0.3, 0.4) is 0 Å². The first kappa shape index (κ1) is 15.3. The molecule has 3 N–H and O–H groups in total. The van der Waals surface area contributed by atoms with Crippen LogP contribution in [0.15, 0.2) is 0 Å². The number of rotatable bonds is 7. The molecule has 0 radical (unpaired) electrons. The SMILES string of the molecule is CCC1(C(=O)NC(CCSC)C(=O)O)CCCN1. The second-order valence-corrected chi connectivity index (χ2v) is 5.60. The summed E-state index contributed by atoms with van der Waals surface area (Å²) < 4.78 is 0. The number of hydrogen-bond donors (Lipinski definition) is 3. The molecule has 0 spiro atoms. The second kappa shape index (κ2) is 6.99. The van der Waals surface area contributed by atoms with E-state index in [-0.39, 0.29) is 5.91 Å². The predicted octanol–water partition coefficient (Wildman–Crippen LogP) is 0.841. The summed E-state index contributed by atoms with van der Waals surface area (Å²) in [5.74, 6) is -0.401. The van der Waals surface area contributed by atoms with Crippen LogP contribution in [0.25, 0.3) is 0 Å². The van der Waals surface area contributed by atoms with E-state index < -0.39 is 17.6 Å². The van der Waals surface area contributed by atoms with Crippen LogP contribution in [-0.2, 0) is 9.59 Å². The molecule has 1 heterocycles. The molecule has 1 fully saturated rings. The average molecular weight is 274 g/mol. The third-order valence-electron chi connectivity index (χ3n) is 3.50. The van der Waals surface area contributed by atoms with Gasteiger partial charge in [0.1, 0.15) is 6.04 Å². The van der Waals surface area contributed by atoms with E-state index in [1.165, 1.54) is 0 Å². The van der Waals surface area contributed by atoms with E-state index in [0.29, 0.717) is 12.8 Å². The highest BCUT2D eigenvalue weighted by Crippen LogP contribution is 2.23. The number of carbonyl (C=O) groups is 2. The summed E-state index contributed by atoms with van der Waals surface area (Å²) >= 11 is 1.58. The Labute approximate surface area is 112 Å². The highest BCUT2D eigenvalue weighted by molar-refractivity contribution is 7.98. The molecule has 0 aromatic rings. The molecule has 0 saturated carbocycles. The molecule has 1 rings (SSSR count). The summed E-state index contributed by atoms with van der Waals surface area (Å²) in [7, 11) is 0. The predicted molar refractivity (Wildman–Crippen MR) is 72.8 cm³/mol. The maximum atomic E-state index is 12.2. The van der Waals surface area contributed by atoms with Gasteiger partial charge in [-0.15, -0.1) is 0 Å². The van der Waals surface area contributed by atoms with Gasteiger partial charge in [0.05, 0.1) is 5.54 Å². The van der Waals surface area contributed by atoms with Crippen LogP contribution in [0.4, 0.5) is 0 Å². The Bertz CT molecular complexity index is 304. The molecule has 5 nitrogen and oxygen atoms in total. The fraction of sp³-hybridized carbons (Fsp3) is 0.833. The summed E-state index contributed by atoms with van der Waals surface area (Å²) in [6.07, 6.45) is 4.82. The lowest BCUT2D eigenvalue weighted by atomic mass is 9.92. The van der Waals surface area contributed by atoms with Gasteiger partial charge in [-0.1, -0.05) is 6.92 Å². The Balaban J connectivity index is 2.62. The number of hydrogen-bond acceptors (Lipinski definition) is 4. The van der Waals surface area contributed by atoms with Crippen molar-refractivity contribution in [2.75, 3.05) is 18.6 Å². The third kappa shape index (κ3) is 3.62. The molecule has 0 aromatic carbocycles. The van der Waals surface area contributed by atoms with Gasteiger partial charge in [0.2, 0.25) is 5.91 Å². The summed E-state index contributed by atoms with van der Waals surface area (Å²) in [6, 6.07) is -0.782. The van der Waals surface area contributed by atoms with Crippen LogP contribution >= 0.6 is 11.8 Å². The fourth-order valence-electron chi connectivity index (χ4n) is 2.25. The van der Waals surface area contributed by atoms with Crippen LogP contribution < -0.4 is 10.6 Å². The van der Waals surface area contributed by atoms with Gasteiger partial charge in [-0.3, -0.25) is 4.79 Å². The Morgan fingerprint density at radius 2 is 2.28 bits per heavy atom. The minimum atomic E-state index is -0.957. The lowest BCUT2D eigenvalue weighted by Gasteiger charge is -2.28. The van der Waals surface area contributed by atoms with Crippen molar-refractivity contribution in [2.24, 2.45) is 0 Å². The number of thioether (sulfide) groups is 1. The van der Waals surface area contributed by atoms with Crippen molar-refractivity contribution in [3.8, 4) is 0 Å². The van der Waals surface area contributed by atoms with E-state index in [1.807, 2.05) is 13.2 Å². The molecule has 0 bridgehead atoms. The Hall–Kier alpha value is -0.750. The maximum Gasteiger partial charge on any atom is 0.326 e. The zero-order valence-electron chi connectivity index (χ0n) is 11.0. The maximum absolute atomic E-state index is 12.2. The standard InChI is InChI=1S/C12H22N2O3S/c1-3-12(6-4-7-13-12)11(17)14-9(10(15)16)5-8-18-2/h9,13H,3-8H2,1-2H3,(H,14,17)(H,15,16). The number of aliphatic carboxylic acids is 1. The largest absolute Gasteiger partial charge is 0.480 e. The molecule has 0 aliphatic carbocycles. The van der Waals surface area contributed by atoms with E-state index in [0.717, 1.165) is 25.1 Å². The Kier molecular flexibility index (Phi) is 5.95. The molecule has 2 unspecified atom stereocenters. The first-order valence-electron chi connectivity index (χ1n) is 6.33. The first-order chi connectivity index (χ1) is 8.55. The highest BCUT2D eigenvalue weighted by Gasteiger charge is 2.40. The minimum absolute atomic E-state index is 0.170. The summed E-state index contributed by atoms with van der Waals surface area (Å²) in [4.78, 5) is 23.3. The zero-order valence-corrected chi connectivity index (χ0v) is 11.8. The van der Waals surface area contributed by atoms with E-state index in [4.69, 9.17) is 5.11 Å². The monoisotopic (exact) mass is 274 g/mol. The fourth-order valence-corrected chi connectivity index (χ4v) is 2.72. The Morgan fingerprint density at radius 1 is 1.56 bits per heavy atom. The number of carbonyl (C=O) groups excluding carboxylic acids is 1. The normalized spacial score (nSPS) is 24.8. The highest BCUT2D eigenvalue weighted by atomic mass is 32.2. The number of nitrogens with one attached hydrogen (secondary N) is 2. The van der Waals surface area contributed by atoms with Crippen molar-refractivity contribution >= 4 is 23.6 Å². The lowest BCUT2D eigenvalue weighted by molar-refractivity contribution is -0.143. The van der Waals surface area contributed by atoms with Crippen molar-refractivity contribution in [3.63, 3.8) is 0 Å². The molecule has 1 aliphatic rings. The first-order valence-corrected chi connectivity index (χ1v) is 7.73. The van der Waals surface area contributed by atoms with Crippen molar-refractivity contribution < 1.29 is 14.7 Å². The Morgan fingerprint density at radius 3 is 2.72 bits per heavy atom. The van der Waals surface area contributed by atoms with Crippen molar-refractivity contribution in [1.82, 2.24) is 10.6 Å². The van der Waals surface area contributed by atoms with E-state index in [1.54, 1.807) is 11.8 Å². The molecule has 1 saturated heterocycles. The van der Waals surface area contributed by atoms with Crippen LogP contribution in [0.5, 0.6) is 0 Å². The molecule has 1 amide bonds. The smallest absolute Gasteiger partial charge is 0.326 e. The second-order valence-electron chi connectivity index (χ2n) is 4.61. The van der Waals surface area contributed by atoms with Gasteiger partial charge >= 0.3 is 5.97 Å². The van der Waals surface area contributed by atoms with Gasteiger partial charge in [0.25, 0.3) is 0 Å². The van der Waals surface area contributed by atoms with Gasteiger partial charge in [-0.25, -0.2) is 4.79 Å². The van der Waals surface area contributed by atoms with Crippen LogP contribution in [0, 0.1) is 0 Å². The van der Waals surface area contributed by atoms with Gasteiger partial charge in [0, 0.05) is 0 Å². The average Bonchev–Trinajstić information content (AvgIpc) is 2.83. The molecule has 104 valence electrons. The minimum Gasteiger partial charge on any atom is -0.480 e. The molecule has 1 aliphatic heterocycles. The molecular weight excluding hydrogens is 252 g/mol. The summed E-state index contributed by atoms with van der Waals surface area (Å²) in [5.41, 5.74) is -0.562.